The van der Waals surface area contributed by atoms with Crippen molar-refractivity contribution in [1.82, 2.24) is 5.32 Å². The van der Waals surface area contributed by atoms with Gasteiger partial charge in [-0.15, -0.1) is 0 Å². The maximum absolute atomic E-state index is 4.94. The molecule has 0 aromatic carbocycles. The molecule has 0 radical (unpaired) electrons. The Hall–Kier alpha value is -0.242. The van der Waals surface area contributed by atoms with E-state index in [1.165, 1.54) is 0 Å². The van der Waals surface area contributed by atoms with Crippen LogP contribution in [0, 0.1) is 5.41 Å². The minimum atomic E-state index is -0.675. The molecule has 4 nitrogen and oxygen atoms in total. The van der Waals surface area contributed by atoms with Crippen LogP contribution >= 0.6 is 0 Å². The minimum absolute atomic E-state index is 0.0236. The molecule has 0 bridgehead atoms. The van der Waals surface area contributed by atoms with Crippen LogP contribution in [-0.2, 0) is 18.2 Å². The Kier molecular flexibility index (Phi) is 8.31. The summed E-state index contributed by atoms with van der Waals surface area (Å²) in [5.41, 5.74) is 0.134. The van der Waals surface area contributed by atoms with Crippen molar-refractivity contribution in [3.05, 3.63) is 0 Å². The Morgan fingerprint density at radius 3 is 1.90 bits per heavy atom. The van der Waals surface area contributed by atoms with Crippen LogP contribution in [0.4, 0.5) is 0 Å². The molecule has 5 heteroatoms. The first kappa shape index (κ1) is 20.8. The van der Waals surface area contributed by atoms with Crippen LogP contribution in [0.25, 0.3) is 0 Å². The number of amidine groups is 1. The van der Waals surface area contributed by atoms with E-state index in [4.69, 9.17) is 12.0 Å². The molecule has 0 fully saturated rings. The number of hydrogen-bond acceptors (Lipinski definition) is 3. The van der Waals surface area contributed by atoms with Crippen molar-refractivity contribution in [2.45, 2.75) is 92.9 Å². The van der Waals surface area contributed by atoms with Gasteiger partial charge in [-0.05, 0) is 0 Å². The number of hydrogen-bond donors (Lipinski definition) is 1. The summed E-state index contributed by atoms with van der Waals surface area (Å²) in [6.07, 6.45) is 0. The fourth-order valence-corrected chi connectivity index (χ4v) is 4.18. The summed E-state index contributed by atoms with van der Waals surface area (Å²) in [4.78, 5) is 4.79. The molecule has 0 aliphatic heterocycles. The monoisotopic (exact) mass is 380 g/mol. The summed E-state index contributed by atoms with van der Waals surface area (Å²) in [6, 6.07) is 0.807. The summed E-state index contributed by atoms with van der Waals surface area (Å²) in [7, 11) is 0. The van der Waals surface area contributed by atoms with Crippen LogP contribution in [0.2, 0.25) is 0 Å². The van der Waals surface area contributed by atoms with Gasteiger partial charge in [-0.2, -0.15) is 0 Å². The molecule has 0 saturated heterocycles. The predicted octanol–water partition coefficient (Wildman–Crippen LogP) is 4.45. The standard InChI is InChI=1S/C12H25N3.C4H9N.Mo/c1-8(2)14-10(4)15-9(3)11(13)12(5,6)7;1-4(2,3)5;/h8-9,11H,1-7H3,(H,14,15);1-3H3;/q;;+2. The molecule has 1 N–H and O–H groups in total. The van der Waals surface area contributed by atoms with Gasteiger partial charge < -0.3 is 0 Å². The van der Waals surface area contributed by atoms with Gasteiger partial charge >= 0.3 is 140 Å². The van der Waals surface area contributed by atoms with Crippen molar-refractivity contribution >= 4 is 5.84 Å². The normalized spacial score (nSPS) is 16.2. The molecular weight excluding hydrogens is 344 g/mol. The zero-order valence-electron chi connectivity index (χ0n) is 15.5. The Morgan fingerprint density at radius 1 is 1.00 bits per heavy atom. The van der Waals surface area contributed by atoms with Crippen molar-refractivity contribution in [2.75, 3.05) is 0 Å². The Labute approximate surface area is 139 Å². The van der Waals surface area contributed by atoms with Gasteiger partial charge in [0.2, 0.25) is 0 Å². The Morgan fingerprint density at radius 2 is 1.52 bits per heavy atom. The van der Waals surface area contributed by atoms with Gasteiger partial charge in [-0.25, -0.2) is 0 Å². The average Bonchev–Trinajstić information content (AvgIpc) is 2.19. The Balaban J connectivity index is 5.23. The average molecular weight is 378 g/mol. The van der Waals surface area contributed by atoms with Crippen LogP contribution in [0.3, 0.4) is 0 Å². The molecule has 0 amide bonds. The fraction of sp³-hybridized carbons (Fsp3) is 0.938. The zero-order chi connectivity index (χ0) is 16.8. The molecule has 0 aromatic heterocycles. The van der Waals surface area contributed by atoms with Crippen molar-refractivity contribution in [3.63, 3.8) is 0 Å². The van der Waals surface area contributed by atoms with E-state index in [1.54, 1.807) is 0 Å². The molecule has 0 heterocycles. The van der Waals surface area contributed by atoms with Gasteiger partial charge in [0, 0.05) is 0 Å². The van der Waals surface area contributed by atoms with Gasteiger partial charge in [0.05, 0.1) is 0 Å². The topological polar surface area (TPSA) is 49.1 Å². The zero-order valence-corrected chi connectivity index (χ0v) is 17.5. The first-order valence-corrected chi connectivity index (χ1v) is 9.52. The van der Waals surface area contributed by atoms with Crippen molar-refractivity contribution < 1.29 is 18.2 Å². The molecule has 0 aliphatic rings. The Bertz CT molecular complexity index is 407. The van der Waals surface area contributed by atoms with E-state index in [-0.39, 0.29) is 23.0 Å². The molecule has 2 unspecified atom stereocenters. The molecule has 0 aliphatic carbocycles. The first-order valence-electron chi connectivity index (χ1n) is 7.72. The molecule has 0 aromatic rings. The van der Waals surface area contributed by atoms with Crippen LogP contribution in [-0.4, -0.2) is 29.5 Å². The fourth-order valence-electron chi connectivity index (χ4n) is 2.00. The summed E-state index contributed by atoms with van der Waals surface area (Å²) < 4.78 is 9.66. The van der Waals surface area contributed by atoms with Gasteiger partial charge in [-0.1, -0.05) is 0 Å². The molecule has 0 saturated carbocycles. The quantitative estimate of drug-likeness (QED) is 0.438. The third-order valence-electron chi connectivity index (χ3n) is 2.71. The maximum atomic E-state index is 4.94. The van der Waals surface area contributed by atoms with E-state index in [0.29, 0.717) is 6.04 Å². The van der Waals surface area contributed by atoms with Gasteiger partial charge in [-0.3, -0.25) is 0 Å². The van der Waals surface area contributed by atoms with Gasteiger partial charge in [0.15, 0.2) is 0 Å². The van der Waals surface area contributed by atoms with Crippen LogP contribution in [0.15, 0.2) is 12.0 Å². The van der Waals surface area contributed by atoms with E-state index in [1.807, 2.05) is 6.92 Å². The van der Waals surface area contributed by atoms with Crippen LogP contribution in [0.5, 0.6) is 0 Å². The van der Waals surface area contributed by atoms with Crippen molar-refractivity contribution in [3.8, 4) is 0 Å². The van der Waals surface area contributed by atoms with Gasteiger partial charge in [0.1, 0.15) is 0 Å². The molecule has 21 heavy (non-hydrogen) atoms. The van der Waals surface area contributed by atoms with Crippen molar-refractivity contribution in [1.29, 1.82) is 0 Å². The number of rotatable bonds is 4. The SMILES string of the molecule is CC(=NC(C)C([N]=[Mo+2]=[N]C(C)(C)C)C(C)(C)C)NC(C)C. The second kappa shape index (κ2) is 8.41. The van der Waals surface area contributed by atoms with Crippen LogP contribution < -0.4 is 5.32 Å². The van der Waals surface area contributed by atoms with E-state index in [0.717, 1.165) is 5.84 Å². The van der Waals surface area contributed by atoms with E-state index in [9.17, 15) is 0 Å². The van der Waals surface area contributed by atoms with E-state index < -0.39 is 18.2 Å². The van der Waals surface area contributed by atoms with Crippen molar-refractivity contribution in [2.24, 2.45) is 17.4 Å². The molecule has 2 atom stereocenters. The van der Waals surface area contributed by atoms with Gasteiger partial charge in [0.25, 0.3) is 0 Å². The molecule has 0 spiro atoms. The second-order valence-corrected chi connectivity index (χ2v) is 9.38. The summed E-state index contributed by atoms with van der Waals surface area (Å²) in [6.45, 7) is 21.6. The first-order chi connectivity index (χ1) is 9.33. The van der Waals surface area contributed by atoms with Crippen LogP contribution in [0.1, 0.15) is 69.2 Å². The summed E-state index contributed by atoms with van der Waals surface area (Å²) in [5, 5.41) is 3.36. The molecule has 0 rings (SSSR count). The van der Waals surface area contributed by atoms with E-state index >= 15 is 0 Å². The number of nitrogens with zero attached hydrogens (tertiary/aromatic N) is 3. The molecule has 122 valence electrons. The number of nitrogens with one attached hydrogen (secondary N) is 1. The summed E-state index contributed by atoms with van der Waals surface area (Å²) >= 11 is -0.675. The number of aliphatic imine (C=N–C) groups is 1. The third-order valence-corrected chi connectivity index (χ3v) is 5.05. The second-order valence-electron chi connectivity index (χ2n) is 8.01. The summed E-state index contributed by atoms with van der Waals surface area (Å²) in [5.74, 6) is 0.996. The third kappa shape index (κ3) is 10.2. The molecular formula is C16H34MoN4+2. The predicted molar refractivity (Wildman–Crippen MR) is 88.7 cm³/mol. The van der Waals surface area contributed by atoms with E-state index in [2.05, 4.69) is 67.6 Å².